The van der Waals surface area contributed by atoms with Crippen LogP contribution >= 0.6 is 0 Å². The van der Waals surface area contributed by atoms with Gasteiger partial charge in [-0.1, -0.05) is 6.58 Å². The third-order valence-corrected chi connectivity index (χ3v) is 4.63. The molecule has 0 spiro atoms. The molecule has 2 fully saturated rings. The molecule has 0 unspecified atom stereocenters. The molecular weight excluding hydrogens is 312 g/mol. The molecule has 0 atom stereocenters. The normalized spacial score (nSPS) is 18.6. The third kappa shape index (κ3) is 3.98. The van der Waals surface area contributed by atoms with Gasteiger partial charge in [-0.3, -0.25) is 0 Å². The molecule has 4 nitrogen and oxygen atoms in total. The number of piperazine rings is 1. The highest BCUT2D eigenvalue weighted by molar-refractivity contribution is 5.52. The van der Waals surface area contributed by atoms with E-state index in [1.807, 2.05) is 0 Å². The molecule has 24 heavy (non-hydrogen) atoms. The lowest BCUT2D eigenvalue weighted by molar-refractivity contribution is 0.236. The van der Waals surface area contributed by atoms with Crippen LogP contribution in [0.4, 0.5) is 14.5 Å². The van der Waals surface area contributed by atoms with Crippen molar-refractivity contribution in [2.24, 2.45) is 0 Å². The van der Waals surface area contributed by atoms with Gasteiger partial charge in [-0.15, -0.1) is 0 Å². The fraction of sp³-hybridized carbons (Fsp3) is 0.556. The average molecular weight is 337 g/mol. The van der Waals surface area contributed by atoms with Crippen molar-refractivity contribution in [3.05, 3.63) is 36.0 Å². The lowest BCUT2D eigenvalue weighted by atomic mass is 10.1. The summed E-state index contributed by atoms with van der Waals surface area (Å²) in [5.74, 6) is -0.937. The van der Waals surface area contributed by atoms with Gasteiger partial charge in [0.1, 0.15) is 18.0 Å². The maximum absolute atomic E-state index is 14.4. The molecule has 0 amide bonds. The number of halogens is 2. The summed E-state index contributed by atoms with van der Waals surface area (Å²) < 4.78 is 34.3. The Morgan fingerprint density at radius 3 is 2.29 bits per heavy atom. The van der Waals surface area contributed by atoms with Gasteiger partial charge in [0.25, 0.3) is 0 Å². The Balaban J connectivity index is 1.63. The van der Waals surface area contributed by atoms with Crippen LogP contribution in [0.3, 0.4) is 0 Å². The highest BCUT2D eigenvalue weighted by Crippen LogP contribution is 2.29. The second kappa shape index (κ2) is 7.83. The largest absolute Gasteiger partial charge is 0.487 e. The first-order valence-electron chi connectivity index (χ1n) is 8.65. The summed E-state index contributed by atoms with van der Waals surface area (Å²) in [4.78, 5) is 3.92. The van der Waals surface area contributed by atoms with Crippen LogP contribution in [0, 0.1) is 11.6 Å². The van der Waals surface area contributed by atoms with Crippen LogP contribution < -0.4 is 15.0 Å². The molecule has 1 aromatic rings. The molecule has 3 rings (SSSR count). The van der Waals surface area contributed by atoms with Gasteiger partial charge in [-0.05, 0) is 19.3 Å². The minimum absolute atomic E-state index is 0.0405. The van der Waals surface area contributed by atoms with Gasteiger partial charge in [0.2, 0.25) is 0 Å². The zero-order valence-corrected chi connectivity index (χ0v) is 14.0. The van der Waals surface area contributed by atoms with Crippen molar-refractivity contribution in [1.29, 1.82) is 0 Å². The van der Waals surface area contributed by atoms with Crippen molar-refractivity contribution in [1.82, 2.24) is 10.2 Å². The fourth-order valence-electron chi connectivity index (χ4n) is 3.28. The quantitative estimate of drug-likeness (QED) is 0.894. The molecule has 0 bridgehead atoms. The summed E-state index contributed by atoms with van der Waals surface area (Å²) in [6, 6.07) is 2.54. The molecule has 6 heteroatoms. The van der Waals surface area contributed by atoms with Crippen LogP contribution in [0.2, 0.25) is 0 Å². The summed E-state index contributed by atoms with van der Waals surface area (Å²) in [6.45, 7) is 8.89. The monoisotopic (exact) mass is 337 g/mol. The molecule has 1 N–H and O–H groups in total. The van der Waals surface area contributed by atoms with E-state index in [2.05, 4.69) is 16.8 Å². The number of hydrogen-bond acceptors (Lipinski definition) is 4. The Labute approximate surface area is 142 Å². The number of piperidine rings is 1. The first kappa shape index (κ1) is 17.0. The Bertz CT molecular complexity index is 559. The van der Waals surface area contributed by atoms with Gasteiger partial charge in [0.05, 0.1) is 0 Å². The standard InChI is InChI=1S/C18H25F2N3O/c1-14(22-7-3-2-4-8-22)13-24-15-11-16(19)18(17(20)12-15)23-9-5-21-6-10-23/h11-12,21H,1-10,13H2. The number of nitrogens with one attached hydrogen (secondary N) is 1. The second-order valence-electron chi connectivity index (χ2n) is 6.38. The van der Waals surface area contributed by atoms with E-state index in [0.29, 0.717) is 13.1 Å². The minimum Gasteiger partial charge on any atom is -0.487 e. The number of likely N-dealkylation sites (tertiary alicyclic amines) is 1. The number of benzene rings is 1. The predicted octanol–water partition coefficient (Wildman–Crippen LogP) is 2.75. The van der Waals surface area contributed by atoms with Crippen molar-refractivity contribution in [3.63, 3.8) is 0 Å². The molecule has 0 aliphatic carbocycles. The number of hydrogen-bond donors (Lipinski definition) is 1. The van der Waals surface area contributed by atoms with Gasteiger partial charge in [-0.25, -0.2) is 8.78 Å². The maximum atomic E-state index is 14.4. The first-order valence-corrected chi connectivity index (χ1v) is 8.65. The fourth-order valence-corrected chi connectivity index (χ4v) is 3.28. The van der Waals surface area contributed by atoms with Gasteiger partial charge < -0.3 is 19.9 Å². The average Bonchev–Trinajstić information content (AvgIpc) is 2.61. The molecule has 2 aliphatic rings. The lowest BCUT2D eigenvalue weighted by Gasteiger charge is -2.31. The zero-order valence-electron chi connectivity index (χ0n) is 14.0. The van der Waals surface area contributed by atoms with Crippen molar-refractivity contribution < 1.29 is 13.5 Å². The van der Waals surface area contributed by atoms with E-state index in [9.17, 15) is 8.78 Å². The minimum atomic E-state index is -0.574. The molecule has 132 valence electrons. The van der Waals surface area contributed by atoms with Gasteiger partial charge in [-0.2, -0.15) is 0 Å². The molecule has 0 aromatic heterocycles. The zero-order chi connectivity index (χ0) is 16.9. The van der Waals surface area contributed by atoms with E-state index in [0.717, 1.165) is 44.7 Å². The van der Waals surface area contributed by atoms with Crippen molar-refractivity contribution >= 4 is 5.69 Å². The number of anilines is 1. The van der Waals surface area contributed by atoms with Gasteiger partial charge >= 0.3 is 0 Å². The molecule has 0 saturated carbocycles. The highest BCUT2D eigenvalue weighted by Gasteiger charge is 2.20. The van der Waals surface area contributed by atoms with Crippen molar-refractivity contribution in [2.45, 2.75) is 19.3 Å². The predicted molar refractivity (Wildman–Crippen MR) is 91.5 cm³/mol. The van der Waals surface area contributed by atoms with E-state index in [1.54, 1.807) is 4.90 Å². The molecule has 0 radical (unpaired) electrons. The van der Waals surface area contributed by atoms with E-state index in [-0.39, 0.29) is 18.0 Å². The van der Waals surface area contributed by atoms with Gasteiger partial charge in [0.15, 0.2) is 11.6 Å². The Morgan fingerprint density at radius 1 is 1.04 bits per heavy atom. The SMILES string of the molecule is C=C(COc1cc(F)c(N2CCNCC2)c(F)c1)N1CCCCC1. The molecule has 1 aromatic carbocycles. The van der Waals surface area contributed by atoms with Crippen LogP contribution in [0.5, 0.6) is 5.75 Å². The molecule has 2 saturated heterocycles. The van der Waals surface area contributed by atoms with E-state index < -0.39 is 11.6 Å². The van der Waals surface area contributed by atoms with Crippen LogP contribution in [0.25, 0.3) is 0 Å². The second-order valence-corrected chi connectivity index (χ2v) is 6.38. The third-order valence-electron chi connectivity index (χ3n) is 4.63. The Kier molecular flexibility index (Phi) is 5.56. The Hall–Kier alpha value is -1.82. The summed E-state index contributed by atoms with van der Waals surface area (Å²) in [7, 11) is 0. The molecule has 2 aliphatic heterocycles. The molecular formula is C18H25F2N3O. The first-order chi connectivity index (χ1) is 11.6. The number of nitrogens with zero attached hydrogens (tertiary/aromatic N) is 2. The number of rotatable bonds is 5. The van der Waals surface area contributed by atoms with E-state index in [4.69, 9.17) is 4.74 Å². The van der Waals surface area contributed by atoms with Crippen LogP contribution in [0.1, 0.15) is 19.3 Å². The van der Waals surface area contributed by atoms with E-state index >= 15 is 0 Å². The summed E-state index contributed by atoms with van der Waals surface area (Å²) in [5.41, 5.74) is 0.903. The van der Waals surface area contributed by atoms with Crippen LogP contribution in [-0.4, -0.2) is 50.8 Å². The topological polar surface area (TPSA) is 27.7 Å². The smallest absolute Gasteiger partial charge is 0.153 e. The highest BCUT2D eigenvalue weighted by atomic mass is 19.1. The summed E-state index contributed by atoms with van der Waals surface area (Å²) in [6.07, 6.45) is 3.55. The van der Waals surface area contributed by atoms with Crippen molar-refractivity contribution in [3.8, 4) is 5.75 Å². The Morgan fingerprint density at radius 2 is 1.67 bits per heavy atom. The van der Waals surface area contributed by atoms with Crippen LogP contribution in [-0.2, 0) is 0 Å². The van der Waals surface area contributed by atoms with Crippen LogP contribution in [0.15, 0.2) is 24.4 Å². The van der Waals surface area contributed by atoms with Crippen molar-refractivity contribution in [2.75, 3.05) is 50.8 Å². The summed E-state index contributed by atoms with van der Waals surface area (Å²) in [5, 5.41) is 3.17. The number of ether oxygens (including phenoxy) is 1. The molecule has 2 heterocycles. The van der Waals surface area contributed by atoms with E-state index in [1.165, 1.54) is 18.6 Å². The lowest BCUT2D eigenvalue weighted by Crippen LogP contribution is -2.44. The van der Waals surface area contributed by atoms with Gasteiger partial charge in [0, 0.05) is 57.1 Å². The maximum Gasteiger partial charge on any atom is 0.153 e. The summed E-state index contributed by atoms with van der Waals surface area (Å²) >= 11 is 0.